The number of anilines is 1. The highest BCUT2D eigenvalue weighted by atomic mass is 79.9. The Kier molecular flexibility index (Phi) is 6.47. The van der Waals surface area contributed by atoms with E-state index in [1.807, 2.05) is 69.3 Å². The molecule has 29 heavy (non-hydrogen) atoms. The largest absolute Gasteiger partial charge is 0.444 e. The third-order valence-corrected chi connectivity index (χ3v) is 4.86. The predicted octanol–water partition coefficient (Wildman–Crippen LogP) is 5.34. The summed E-state index contributed by atoms with van der Waals surface area (Å²) in [5.74, 6) is 0. The second-order valence-corrected chi connectivity index (χ2v) is 8.78. The zero-order valence-electron chi connectivity index (χ0n) is 16.9. The lowest BCUT2D eigenvalue weighted by Crippen LogP contribution is -2.40. The lowest BCUT2D eigenvalue weighted by molar-refractivity contribution is 0.0242. The van der Waals surface area contributed by atoms with Gasteiger partial charge in [-0.2, -0.15) is 0 Å². The number of benzene rings is 2. The Balaban J connectivity index is 1.79. The highest BCUT2D eigenvalue weighted by Crippen LogP contribution is 2.30. The maximum absolute atomic E-state index is 12.9. The number of ether oxygens (including phenoxy) is 2. The van der Waals surface area contributed by atoms with Crippen LogP contribution < -0.4 is 4.90 Å². The van der Waals surface area contributed by atoms with Crippen LogP contribution in [0.25, 0.3) is 0 Å². The first-order valence-corrected chi connectivity index (χ1v) is 10.3. The van der Waals surface area contributed by atoms with Crippen molar-refractivity contribution in [1.29, 1.82) is 0 Å². The van der Waals surface area contributed by atoms with Crippen molar-refractivity contribution in [3.63, 3.8) is 0 Å². The fourth-order valence-corrected chi connectivity index (χ4v) is 3.37. The van der Waals surface area contributed by atoms with Gasteiger partial charge in [0.1, 0.15) is 12.2 Å². The fraction of sp³-hybridized carbons (Fsp3) is 0.364. The van der Waals surface area contributed by atoms with Gasteiger partial charge in [0.2, 0.25) is 0 Å². The first-order valence-electron chi connectivity index (χ1n) is 9.47. The van der Waals surface area contributed by atoms with Crippen LogP contribution in [0.15, 0.2) is 53.0 Å². The van der Waals surface area contributed by atoms with Crippen LogP contribution >= 0.6 is 15.9 Å². The summed E-state index contributed by atoms with van der Waals surface area (Å²) in [6.07, 6.45) is -0.842. The highest BCUT2D eigenvalue weighted by Gasteiger charge is 2.30. The summed E-state index contributed by atoms with van der Waals surface area (Å²) in [6.45, 7) is 6.72. The molecule has 0 spiro atoms. The fourth-order valence-electron chi connectivity index (χ4n) is 3.02. The van der Waals surface area contributed by atoms with E-state index in [0.29, 0.717) is 19.6 Å². The van der Waals surface area contributed by atoms with Gasteiger partial charge in [-0.15, -0.1) is 0 Å². The molecule has 0 unspecified atom stereocenters. The third kappa shape index (κ3) is 5.73. The van der Waals surface area contributed by atoms with Gasteiger partial charge < -0.3 is 14.4 Å². The van der Waals surface area contributed by atoms with Gasteiger partial charge in [0.25, 0.3) is 0 Å². The van der Waals surface area contributed by atoms with Crippen molar-refractivity contribution in [2.75, 3.05) is 18.0 Å². The van der Waals surface area contributed by atoms with Crippen LogP contribution in [0.3, 0.4) is 0 Å². The predicted molar refractivity (Wildman–Crippen MR) is 115 cm³/mol. The number of nitrogens with zero attached hydrogens (tertiary/aromatic N) is 2. The second kappa shape index (κ2) is 8.86. The van der Waals surface area contributed by atoms with Gasteiger partial charge in [-0.05, 0) is 44.0 Å². The van der Waals surface area contributed by atoms with Crippen LogP contribution in [0.2, 0.25) is 0 Å². The van der Waals surface area contributed by atoms with Gasteiger partial charge in [0, 0.05) is 17.6 Å². The van der Waals surface area contributed by atoms with Gasteiger partial charge >= 0.3 is 12.2 Å². The van der Waals surface area contributed by atoms with Crippen molar-refractivity contribution in [2.45, 2.75) is 39.5 Å². The summed E-state index contributed by atoms with van der Waals surface area (Å²) in [7, 11) is 0. The molecule has 2 aromatic rings. The van der Waals surface area contributed by atoms with E-state index in [1.54, 1.807) is 9.80 Å². The van der Waals surface area contributed by atoms with Gasteiger partial charge in [-0.1, -0.05) is 52.3 Å². The van der Waals surface area contributed by atoms with Crippen molar-refractivity contribution in [3.8, 4) is 0 Å². The maximum Gasteiger partial charge on any atom is 0.414 e. The number of amides is 2. The maximum atomic E-state index is 12.9. The molecular weight excluding hydrogens is 436 g/mol. The zero-order valence-corrected chi connectivity index (χ0v) is 18.4. The molecule has 0 saturated carbocycles. The molecule has 0 bridgehead atoms. The molecule has 7 heteroatoms. The summed E-state index contributed by atoms with van der Waals surface area (Å²) in [6, 6.07) is 15.2. The number of halogens is 1. The Morgan fingerprint density at radius 3 is 2.45 bits per heavy atom. The standard InChI is InChI=1S/C22H25BrN2O4/c1-22(2,3)29-20(26)24-11-12-25(19-13-18(23)10-9-17(19)14-24)21(27)28-15-16-7-5-4-6-8-16/h4-10,13H,11-12,14-15H2,1-3H3. The Labute approximate surface area is 179 Å². The quantitative estimate of drug-likeness (QED) is 0.606. The lowest BCUT2D eigenvalue weighted by atomic mass is 10.1. The number of rotatable bonds is 2. The number of carbonyl (C=O) groups is 2. The second-order valence-electron chi connectivity index (χ2n) is 7.87. The van der Waals surface area contributed by atoms with E-state index in [4.69, 9.17) is 9.47 Å². The molecule has 1 aliphatic rings. The Morgan fingerprint density at radius 1 is 1.03 bits per heavy atom. The minimum absolute atomic E-state index is 0.190. The topological polar surface area (TPSA) is 59.1 Å². The van der Waals surface area contributed by atoms with E-state index in [2.05, 4.69) is 15.9 Å². The van der Waals surface area contributed by atoms with E-state index in [1.165, 1.54) is 0 Å². The number of hydrogen-bond acceptors (Lipinski definition) is 4. The Morgan fingerprint density at radius 2 is 1.76 bits per heavy atom. The van der Waals surface area contributed by atoms with Crippen LogP contribution in [0.1, 0.15) is 31.9 Å². The molecule has 2 amide bonds. The van der Waals surface area contributed by atoms with Gasteiger partial charge in [-0.3, -0.25) is 4.90 Å². The average molecular weight is 461 g/mol. The first-order chi connectivity index (χ1) is 13.7. The van der Waals surface area contributed by atoms with Gasteiger partial charge in [0.15, 0.2) is 0 Å². The first kappa shape index (κ1) is 21.2. The summed E-state index contributed by atoms with van der Waals surface area (Å²) >= 11 is 3.47. The molecule has 3 rings (SSSR count). The Hall–Kier alpha value is -2.54. The molecule has 0 radical (unpaired) electrons. The normalized spacial score (nSPS) is 14.1. The molecule has 1 aliphatic heterocycles. The van der Waals surface area contributed by atoms with Crippen LogP contribution in [-0.4, -0.2) is 35.8 Å². The van der Waals surface area contributed by atoms with Crippen molar-refractivity contribution in [3.05, 3.63) is 64.1 Å². The van der Waals surface area contributed by atoms with E-state index >= 15 is 0 Å². The molecule has 0 fully saturated rings. The van der Waals surface area contributed by atoms with E-state index in [9.17, 15) is 9.59 Å². The Bertz CT molecular complexity index is 880. The molecule has 1 heterocycles. The summed E-state index contributed by atoms with van der Waals surface area (Å²) < 4.78 is 11.9. The minimum Gasteiger partial charge on any atom is -0.444 e. The molecule has 0 aromatic heterocycles. The SMILES string of the molecule is CC(C)(C)OC(=O)N1CCN(C(=O)OCc2ccccc2)c2cc(Br)ccc2C1. The lowest BCUT2D eigenvalue weighted by Gasteiger charge is -2.26. The van der Waals surface area contributed by atoms with Crippen molar-refractivity contribution in [1.82, 2.24) is 4.90 Å². The van der Waals surface area contributed by atoms with Crippen LogP contribution in [0, 0.1) is 0 Å². The number of carbonyl (C=O) groups excluding carboxylic acids is 2. The van der Waals surface area contributed by atoms with Gasteiger partial charge in [-0.25, -0.2) is 9.59 Å². The third-order valence-electron chi connectivity index (χ3n) is 4.37. The minimum atomic E-state index is -0.583. The molecule has 0 saturated heterocycles. The molecule has 0 N–H and O–H groups in total. The molecule has 0 atom stereocenters. The van der Waals surface area contributed by atoms with Crippen molar-refractivity contribution >= 4 is 33.8 Å². The number of hydrogen-bond donors (Lipinski definition) is 0. The van der Waals surface area contributed by atoms with E-state index in [0.717, 1.165) is 21.3 Å². The highest BCUT2D eigenvalue weighted by molar-refractivity contribution is 9.10. The molecular formula is C22H25BrN2O4. The summed E-state index contributed by atoms with van der Waals surface area (Å²) in [4.78, 5) is 28.6. The molecule has 2 aromatic carbocycles. The van der Waals surface area contributed by atoms with Crippen LogP contribution in [0.4, 0.5) is 15.3 Å². The summed E-state index contributed by atoms with van der Waals surface area (Å²) in [5.41, 5.74) is 1.91. The number of fused-ring (bicyclic) bond motifs is 1. The van der Waals surface area contributed by atoms with Crippen LogP contribution in [0.5, 0.6) is 0 Å². The van der Waals surface area contributed by atoms with Gasteiger partial charge in [0.05, 0.1) is 12.2 Å². The van der Waals surface area contributed by atoms with E-state index in [-0.39, 0.29) is 6.61 Å². The monoisotopic (exact) mass is 460 g/mol. The zero-order chi connectivity index (χ0) is 21.0. The smallest absolute Gasteiger partial charge is 0.414 e. The average Bonchev–Trinajstić information content (AvgIpc) is 2.85. The molecule has 154 valence electrons. The van der Waals surface area contributed by atoms with E-state index < -0.39 is 17.8 Å². The molecule has 0 aliphatic carbocycles. The van der Waals surface area contributed by atoms with Crippen molar-refractivity contribution in [2.24, 2.45) is 0 Å². The molecule has 6 nitrogen and oxygen atoms in total. The summed E-state index contributed by atoms with van der Waals surface area (Å²) in [5, 5.41) is 0. The van der Waals surface area contributed by atoms with Crippen LogP contribution in [-0.2, 0) is 22.6 Å². The van der Waals surface area contributed by atoms with Crippen molar-refractivity contribution < 1.29 is 19.1 Å².